The fraction of sp³-hybridized carbons (Fsp3) is 0.200. The van der Waals surface area contributed by atoms with Crippen molar-refractivity contribution in [3.63, 3.8) is 0 Å². The van der Waals surface area contributed by atoms with Crippen LogP contribution in [-0.4, -0.2) is 25.1 Å². The molecule has 0 fully saturated rings. The SMILES string of the molecule is C1=Cc2ccccc2OC1.O=S(=O)(O)C(F)(F)F. The Balaban J connectivity index is 0.000000187. The van der Waals surface area contributed by atoms with E-state index in [0.29, 0.717) is 6.61 Å². The summed E-state index contributed by atoms with van der Waals surface area (Å²) in [6.45, 7) is 0.705. The summed E-state index contributed by atoms with van der Waals surface area (Å²) in [5.74, 6) is 0.991. The van der Waals surface area contributed by atoms with Gasteiger partial charge in [-0.15, -0.1) is 0 Å². The van der Waals surface area contributed by atoms with Crippen LogP contribution in [0.25, 0.3) is 6.08 Å². The monoisotopic (exact) mass is 282 g/mol. The predicted octanol–water partition coefficient (Wildman–Crippen LogP) is 2.49. The molecule has 1 heterocycles. The molecule has 0 bridgehead atoms. The van der Waals surface area contributed by atoms with Crippen molar-refractivity contribution < 1.29 is 30.9 Å². The van der Waals surface area contributed by atoms with Gasteiger partial charge in [0, 0.05) is 5.56 Å². The highest BCUT2D eigenvalue weighted by molar-refractivity contribution is 7.86. The van der Waals surface area contributed by atoms with Gasteiger partial charge >= 0.3 is 15.6 Å². The first-order valence-electron chi connectivity index (χ1n) is 4.64. The molecule has 0 amide bonds. The van der Waals surface area contributed by atoms with Crippen molar-refractivity contribution in [2.75, 3.05) is 6.61 Å². The molecule has 1 N–H and O–H groups in total. The minimum absolute atomic E-state index is 0.705. The van der Waals surface area contributed by atoms with Gasteiger partial charge in [0.05, 0.1) is 0 Å². The van der Waals surface area contributed by atoms with Crippen LogP contribution in [0.1, 0.15) is 5.56 Å². The second-order valence-corrected chi connectivity index (χ2v) is 4.59. The number of halogens is 3. The number of alkyl halides is 3. The molecule has 0 aliphatic carbocycles. The fourth-order valence-corrected chi connectivity index (χ4v) is 1.06. The van der Waals surface area contributed by atoms with Gasteiger partial charge in [0.1, 0.15) is 12.4 Å². The Bertz CT molecular complexity index is 534. The lowest BCUT2D eigenvalue weighted by Crippen LogP contribution is -2.21. The Kier molecular flexibility index (Phi) is 4.36. The molecule has 100 valence electrons. The molecule has 0 aromatic heterocycles. The average molecular weight is 282 g/mol. The number of hydrogen-bond donors (Lipinski definition) is 1. The Morgan fingerprint density at radius 3 is 2.28 bits per heavy atom. The number of benzene rings is 1. The summed E-state index contributed by atoms with van der Waals surface area (Å²) in [5, 5.41) is 0. The molecule has 2 rings (SSSR count). The van der Waals surface area contributed by atoms with Crippen LogP contribution < -0.4 is 4.74 Å². The fourth-order valence-electron chi connectivity index (χ4n) is 1.06. The van der Waals surface area contributed by atoms with E-state index < -0.39 is 15.6 Å². The molecule has 8 heteroatoms. The normalized spacial score (nSPS) is 14.0. The van der Waals surface area contributed by atoms with Crippen LogP contribution in [0.2, 0.25) is 0 Å². The molecular weight excluding hydrogens is 273 g/mol. The van der Waals surface area contributed by atoms with Crippen molar-refractivity contribution in [3.05, 3.63) is 35.9 Å². The molecule has 0 spiro atoms. The molecular formula is C10H9F3O4S. The van der Waals surface area contributed by atoms with Crippen LogP contribution >= 0.6 is 0 Å². The highest BCUT2D eigenvalue weighted by atomic mass is 32.2. The second-order valence-electron chi connectivity index (χ2n) is 3.17. The number of rotatable bonds is 0. The molecule has 4 nitrogen and oxygen atoms in total. The lowest BCUT2D eigenvalue weighted by Gasteiger charge is -2.10. The number of para-hydroxylation sites is 1. The van der Waals surface area contributed by atoms with Crippen molar-refractivity contribution in [1.29, 1.82) is 0 Å². The summed E-state index contributed by atoms with van der Waals surface area (Å²) >= 11 is 0. The summed E-state index contributed by atoms with van der Waals surface area (Å²) in [6, 6.07) is 8.03. The highest BCUT2D eigenvalue weighted by Gasteiger charge is 2.44. The summed E-state index contributed by atoms with van der Waals surface area (Å²) in [6.07, 6.45) is 4.10. The van der Waals surface area contributed by atoms with Crippen LogP contribution in [0.15, 0.2) is 30.3 Å². The zero-order valence-electron chi connectivity index (χ0n) is 8.89. The Hall–Kier alpha value is -1.54. The zero-order valence-corrected chi connectivity index (χ0v) is 9.70. The maximum atomic E-state index is 10.7. The molecule has 0 unspecified atom stereocenters. The predicted molar refractivity (Wildman–Crippen MR) is 58.6 cm³/mol. The molecule has 1 aliphatic rings. The van der Waals surface area contributed by atoms with Crippen LogP contribution in [0.5, 0.6) is 5.75 Å². The smallest absolute Gasteiger partial charge is 0.489 e. The van der Waals surface area contributed by atoms with Crippen molar-refractivity contribution in [2.45, 2.75) is 5.51 Å². The van der Waals surface area contributed by atoms with Crippen molar-refractivity contribution in [3.8, 4) is 5.75 Å². The minimum Gasteiger partial charge on any atom is -0.489 e. The first kappa shape index (κ1) is 14.5. The van der Waals surface area contributed by atoms with Crippen molar-refractivity contribution in [1.82, 2.24) is 0 Å². The van der Waals surface area contributed by atoms with E-state index in [1.165, 1.54) is 5.56 Å². The van der Waals surface area contributed by atoms with E-state index in [2.05, 4.69) is 6.08 Å². The van der Waals surface area contributed by atoms with Gasteiger partial charge in [-0.3, -0.25) is 4.55 Å². The standard InChI is InChI=1S/C9H8O.CHF3O3S/c1-2-6-9-8(4-1)5-3-7-10-9;2-1(3,4)8(5,6)7/h1-6H,7H2;(H,5,6,7). The van der Waals surface area contributed by atoms with Crippen LogP contribution in [0, 0.1) is 0 Å². The topological polar surface area (TPSA) is 63.6 Å². The van der Waals surface area contributed by atoms with E-state index >= 15 is 0 Å². The zero-order chi connectivity index (χ0) is 13.8. The third-order valence-corrected chi connectivity index (χ3v) is 2.43. The van der Waals surface area contributed by atoms with E-state index in [-0.39, 0.29) is 0 Å². The van der Waals surface area contributed by atoms with Crippen LogP contribution in [0.3, 0.4) is 0 Å². The lowest BCUT2D eigenvalue weighted by atomic mass is 10.1. The first-order valence-corrected chi connectivity index (χ1v) is 6.08. The third kappa shape index (κ3) is 4.04. The molecule has 0 saturated heterocycles. The van der Waals surface area contributed by atoms with Gasteiger partial charge in [0.15, 0.2) is 0 Å². The minimum atomic E-state index is -5.84. The number of hydrogen-bond acceptors (Lipinski definition) is 3. The van der Waals surface area contributed by atoms with E-state index in [4.69, 9.17) is 17.7 Å². The Morgan fingerprint density at radius 1 is 1.22 bits per heavy atom. The van der Waals surface area contributed by atoms with Crippen LogP contribution in [0.4, 0.5) is 13.2 Å². The summed E-state index contributed by atoms with van der Waals surface area (Å²) in [4.78, 5) is 0. The molecule has 1 aromatic rings. The number of ether oxygens (including phenoxy) is 1. The highest BCUT2D eigenvalue weighted by Crippen LogP contribution is 2.22. The average Bonchev–Trinajstić information content (AvgIpc) is 2.27. The van der Waals surface area contributed by atoms with E-state index in [1.54, 1.807) is 0 Å². The van der Waals surface area contributed by atoms with Gasteiger partial charge < -0.3 is 4.74 Å². The third-order valence-electron chi connectivity index (χ3n) is 1.84. The van der Waals surface area contributed by atoms with Crippen molar-refractivity contribution in [2.24, 2.45) is 0 Å². The van der Waals surface area contributed by atoms with Gasteiger partial charge in [-0.05, 0) is 12.1 Å². The first-order chi connectivity index (χ1) is 8.22. The van der Waals surface area contributed by atoms with Gasteiger partial charge in [0.25, 0.3) is 0 Å². The largest absolute Gasteiger partial charge is 0.522 e. The molecule has 18 heavy (non-hydrogen) atoms. The molecule has 1 aromatic carbocycles. The van der Waals surface area contributed by atoms with E-state index in [9.17, 15) is 13.2 Å². The van der Waals surface area contributed by atoms with Gasteiger partial charge in [0.2, 0.25) is 0 Å². The van der Waals surface area contributed by atoms with E-state index in [1.807, 2.05) is 30.3 Å². The number of fused-ring (bicyclic) bond motifs is 1. The van der Waals surface area contributed by atoms with Gasteiger partial charge in [-0.25, -0.2) is 0 Å². The Labute approximate surface area is 101 Å². The molecule has 1 aliphatic heterocycles. The molecule has 0 atom stereocenters. The lowest BCUT2D eigenvalue weighted by molar-refractivity contribution is -0.0510. The quantitative estimate of drug-likeness (QED) is 0.586. The molecule has 0 radical (unpaired) electrons. The van der Waals surface area contributed by atoms with Gasteiger partial charge in [-0.2, -0.15) is 21.6 Å². The van der Waals surface area contributed by atoms with E-state index in [0.717, 1.165) is 5.75 Å². The van der Waals surface area contributed by atoms with Crippen LogP contribution in [-0.2, 0) is 10.1 Å². The maximum absolute atomic E-state index is 10.7. The summed E-state index contributed by atoms with van der Waals surface area (Å²) in [5.41, 5.74) is -4.36. The molecule has 0 saturated carbocycles. The second kappa shape index (κ2) is 5.40. The summed E-state index contributed by atoms with van der Waals surface area (Å²) in [7, 11) is -5.84. The van der Waals surface area contributed by atoms with Gasteiger partial charge in [-0.1, -0.05) is 24.3 Å². The van der Waals surface area contributed by atoms with Crippen molar-refractivity contribution >= 4 is 16.2 Å². The maximum Gasteiger partial charge on any atom is 0.522 e. The Morgan fingerprint density at radius 2 is 1.78 bits per heavy atom. The summed E-state index contributed by atoms with van der Waals surface area (Å²) < 4.78 is 62.9.